The molecule has 2 aliphatic rings. The van der Waals surface area contributed by atoms with Gasteiger partial charge in [0.15, 0.2) is 5.76 Å². The molecular weight excluding hydrogens is 276 g/mol. The summed E-state index contributed by atoms with van der Waals surface area (Å²) in [6.45, 7) is 5.77. The van der Waals surface area contributed by atoms with Gasteiger partial charge in [0.25, 0.3) is 5.91 Å². The summed E-state index contributed by atoms with van der Waals surface area (Å²) in [6.07, 6.45) is 3.46. The maximum atomic E-state index is 12.8. The van der Waals surface area contributed by atoms with Crippen LogP contribution in [-0.2, 0) is 0 Å². The zero-order chi connectivity index (χ0) is 15.3. The van der Waals surface area contributed by atoms with E-state index in [0.29, 0.717) is 17.8 Å². The van der Waals surface area contributed by atoms with Gasteiger partial charge in [-0.1, -0.05) is 0 Å². The number of likely N-dealkylation sites (tertiary alicyclic amines) is 1. The molecule has 3 heterocycles. The minimum absolute atomic E-state index is 0.0286. The molecule has 2 saturated heterocycles. The Hall–Kier alpha value is -1.81. The second kappa shape index (κ2) is 5.13. The third-order valence-corrected chi connectivity index (χ3v) is 5.15. The molecule has 0 radical (unpaired) electrons. The molecule has 2 bridgehead atoms. The van der Waals surface area contributed by atoms with Crippen LogP contribution in [0.5, 0.6) is 0 Å². The van der Waals surface area contributed by atoms with Crippen LogP contribution in [0.1, 0.15) is 40.9 Å². The molecule has 2 aliphatic heterocycles. The zero-order valence-electron chi connectivity index (χ0n) is 13.2. The fourth-order valence-corrected chi connectivity index (χ4v) is 3.69. The number of carbonyl (C=O) groups is 1. The summed E-state index contributed by atoms with van der Waals surface area (Å²) in [7, 11) is 0. The molecule has 4 rings (SSSR count). The van der Waals surface area contributed by atoms with Gasteiger partial charge in [0, 0.05) is 30.6 Å². The van der Waals surface area contributed by atoms with Crippen molar-refractivity contribution in [3.63, 3.8) is 0 Å². The fraction of sp³-hybridized carbons (Fsp3) is 0.500. The van der Waals surface area contributed by atoms with Crippen molar-refractivity contribution in [3.8, 4) is 0 Å². The molecule has 4 nitrogen and oxygen atoms in total. The normalized spacial score (nSPS) is 24.7. The molecule has 1 aromatic heterocycles. The van der Waals surface area contributed by atoms with Crippen LogP contribution in [-0.4, -0.2) is 36.0 Å². The molecule has 2 fully saturated rings. The predicted octanol–water partition coefficient (Wildman–Crippen LogP) is 3.02. The SMILES string of the molecule is Cc1cc2cc(C(=O)N3CCC4CCC(C3)N4)oc2cc1C. The van der Waals surface area contributed by atoms with E-state index in [0.717, 1.165) is 30.5 Å². The van der Waals surface area contributed by atoms with Crippen molar-refractivity contribution in [2.45, 2.75) is 45.2 Å². The standard InChI is InChI=1S/C18H22N2O2/c1-11-7-13-9-17(22-16(13)8-12(11)2)18(21)20-6-5-14-3-4-15(10-20)19-14/h7-9,14-15,19H,3-6,10H2,1-2H3. The molecule has 2 unspecified atom stereocenters. The van der Waals surface area contributed by atoms with Gasteiger partial charge in [-0.15, -0.1) is 0 Å². The lowest BCUT2D eigenvalue weighted by atomic mass is 10.1. The quantitative estimate of drug-likeness (QED) is 0.880. The topological polar surface area (TPSA) is 45.5 Å². The lowest BCUT2D eigenvalue weighted by Crippen LogP contribution is -2.38. The Morgan fingerprint density at radius 3 is 2.77 bits per heavy atom. The molecule has 116 valence electrons. The molecule has 1 amide bonds. The zero-order valence-corrected chi connectivity index (χ0v) is 13.2. The van der Waals surface area contributed by atoms with Crippen LogP contribution in [0.25, 0.3) is 11.0 Å². The Labute approximate surface area is 130 Å². The number of fused-ring (bicyclic) bond motifs is 3. The van der Waals surface area contributed by atoms with Crippen molar-refractivity contribution in [1.29, 1.82) is 0 Å². The molecule has 1 aromatic carbocycles. The van der Waals surface area contributed by atoms with Crippen molar-refractivity contribution >= 4 is 16.9 Å². The average molecular weight is 298 g/mol. The Morgan fingerprint density at radius 2 is 1.91 bits per heavy atom. The van der Waals surface area contributed by atoms with Crippen molar-refractivity contribution in [2.75, 3.05) is 13.1 Å². The Morgan fingerprint density at radius 1 is 1.14 bits per heavy atom. The molecule has 2 aromatic rings. The summed E-state index contributed by atoms with van der Waals surface area (Å²) in [5.74, 6) is 0.499. The van der Waals surface area contributed by atoms with E-state index in [-0.39, 0.29) is 5.91 Å². The van der Waals surface area contributed by atoms with Gasteiger partial charge in [-0.2, -0.15) is 0 Å². The molecule has 0 saturated carbocycles. The average Bonchev–Trinajstić information content (AvgIpc) is 3.02. The molecule has 1 N–H and O–H groups in total. The molecule has 0 aliphatic carbocycles. The third kappa shape index (κ3) is 2.31. The van der Waals surface area contributed by atoms with Crippen LogP contribution in [0.15, 0.2) is 22.6 Å². The number of hydrogen-bond donors (Lipinski definition) is 1. The minimum atomic E-state index is 0.0286. The second-order valence-corrected chi connectivity index (χ2v) is 6.76. The highest BCUT2D eigenvalue weighted by atomic mass is 16.3. The van der Waals surface area contributed by atoms with Crippen molar-refractivity contribution in [1.82, 2.24) is 10.2 Å². The number of benzene rings is 1. The van der Waals surface area contributed by atoms with Crippen LogP contribution >= 0.6 is 0 Å². The molecule has 4 heteroatoms. The molecule has 0 spiro atoms. The monoisotopic (exact) mass is 298 g/mol. The Bertz CT molecular complexity index is 695. The van der Waals surface area contributed by atoms with Crippen LogP contribution < -0.4 is 5.32 Å². The number of carbonyl (C=O) groups excluding carboxylic acids is 1. The van der Waals surface area contributed by atoms with Crippen LogP contribution in [0, 0.1) is 13.8 Å². The van der Waals surface area contributed by atoms with Gasteiger partial charge in [-0.05, 0) is 62.4 Å². The highest BCUT2D eigenvalue weighted by molar-refractivity contribution is 5.96. The van der Waals surface area contributed by atoms with Gasteiger partial charge in [-0.25, -0.2) is 0 Å². The number of amides is 1. The number of rotatable bonds is 1. The first-order chi connectivity index (χ1) is 10.6. The first-order valence-electron chi connectivity index (χ1n) is 8.16. The summed E-state index contributed by atoms with van der Waals surface area (Å²) in [4.78, 5) is 14.7. The van der Waals surface area contributed by atoms with E-state index in [2.05, 4.69) is 25.2 Å². The fourth-order valence-electron chi connectivity index (χ4n) is 3.69. The molecule has 2 atom stereocenters. The first-order valence-corrected chi connectivity index (χ1v) is 8.16. The maximum absolute atomic E-state index is 12.8. The van der Waals surface area contributed by atoms with Crippen molar-refractivity contribution < 1.29 is 9.21 Å². The van der Waals surface area contributed by atoms with Crippen LogP contribution in [0.3, 0.4) is 0 Å². The van der Waals surface area contributed by atoms with Crippen LogP contribution in [0.2, 0.25) is 0 Å². The minimum Gasteiger partial charge on any atom is -0.451 e. The summed E-state index contributed by atoms with van der Waals surface area (Å²) in [5.41, 5.74) is 3.22. The summed E-state index contributed by atoms with van der Waals surface area (Å²) < 4.78 is 5.83. The number of nitrogens with zero attached hydrogens (tertiary/aromatic N) is 1. The van der Waals surface area contributed by atoms with Gasteiger partial charge >= 0.3 is 0 Å². The van der Waals surface area contributed by atoms with Gasteiger partial charge in [0.1, 0.15) is 5.58 Å². The highest BCUT2D eigenvalue weighted by Gasteiger charge is 2.32. The number of aryl methyl sites for hydroxylation is 2. The van der Waals surface area contributed by atoms with Crippen molar-refractivity contribution in [3.05, 3.63) is 35.1 Å². The lowest BCUT2D eigenvalue weighted by molar-refractivity contribution is 0.0718. The van der Waals surface area contributed by atoms with E-state index in [4.69, 9.17) is 4.42 Å². The number of furan rings is 1. The largest absolute Gasteiger partial charge is 0.451 e. The third-order valence-electron chi connectivity index (χ3n) is 5.15. The van der Waals surface area contributed by atoms with Gasteiger partial charge in [0.05, 0.1) is 0 Å². The Balaban J connectivity index is 1.62. The Kier molecular flexibility index (Phi) is 3.22. The van der Waals surface area contributed by atoms with Gasteiger partial charge in [-0.3, -0.25) is 4.79 Å². The van der Waals surface area contributed by atoms with Crippen LogP contribution in [0.4, 0.5) is 0 Å². The summed E-state index contributed by atoms with van der Waals surface area (Å²) in [6, 6.07) is 7.04. The first kappa shape index (κ1) is 13.8. The summed E-state index contributed by atoms with van der Waals surface area (Å²) in [5, 5.41) is 4.62. The lowest BCUT2D eigenvalue weighted by Gasteiger charge is -2.23. The predicted molar refractivity (Wildman–Crippen MR) is 86.2 cm³/mol. The smallest absolute Gasteiger partial charge is 0.289 e. The van der Waals surface area contributed by atoms with Gasteiger partial charge in [0.2, 0.25) is 0 Å². The second-order valence-electron chi connectivity index (χ2n) is 6.76. The van der Waals surface area contributed by atoms with Gasteiger partial charge < -0.3 is 14.6 Å². The maximum Gasteiger partial charge on any atom is 0.289 e. The van der Waals surface area contributed by atoms with E-state index in [1.165, 1.54) is 24.0 Å². The van der Waals surface area contributed by atoms with Crippen molar-refractivity contribution in [2.24, 2.45) is 0 Å². The van der Waals surface area contributed by atoms with E-state index >= 15 is 0 Å². The molecule has 22 heavy (non-hydrogen) atoms. The molecular formula is C18H22N2O2. The highest BCUT2D eigenvalue weighted by Crippen LogP contribution is 2.26. The number of nitrogens with one attached hydrogen (secondary N) is 1. The number of hydrogen-bond acceptors (Lipinski definition) is 3. The van der Waals surface area contributed by atoms with E-state index in [9.17, 15) is 4.79 Å². The van der Waals surface area contributed by atoms with E-state index < -0.39 is 0 Å². The summed E-state index contributed by atoms with van der Waals surface area (Å²) >= 11 is 0. The van der Waals surface area contributed by atoms with E-state index in [1.54, 1.807) is 0 Å². The van der Waals surface area contributed by atoms with E-state index in [1.807, 2.05) is 17.0 Å².